The minimum Gasteiger partial charge on any atom is -0.319 e. The molecule has 2 aromatic carbocycles. The van der Waals surface area contributed by atoms with Crippen molar-refractivity contribution in [2.45, 2.75) is 12.8 Å². The van der Waals surface area contributed by atoms with Crippen molar-refractivity contribution < 1.29 is 4.79 Å². The van der Waals surface area contributed by atoms with E-state index in [9.17, 15) is 9.59 Å². The molecule has 3 heterocycles. The predicted octanol–water partition coefficient (Wildman–Crippen LogP) is 3.92. The van der Waals surface area contributed by atoms with Crippen LogP contribution in [-0.4, -0.2) is 30.5 Å². The summed E-state index contributed by atoms with van der Waals surface area (Å²) in [7, 11) is 0. The third-order valence-electron chi connectivity index (χ3n) is 4.73. The minimum atomic E-state index is -0.292. The molecule has 0 atom stereocenters. The lowest BCUT2D eigenvalue weighted by atomic mass is 10.2. The highest BCUT2D eigenvalue weighted by Crippen LogP contribution is 2.27. The van der Waals surface area contributed by atoms with Crippen LogP contribution >= 0.6 is 22.9 Å². The monoisotopic (exact) mass is 450 g/mol. The number of anilines is 1. The van der Waals surface area contributed by atoms with E-state index in [2.05, 4.69) is 25.4 Å². The molecule has 5 rings (SSSR count). The van der Waals surface area contributed by atoms with Gasteiger partial charge in [0.1, 0.15) is 5.69 Å². The lowest BCUT2D eigenvalue weighted by Crippen LogP contribution is -2.19. The number of para-hydroxylation sites is 2. The number of nitrogens with zero attached hydrogens (tertiary/aromatic N) is 4. The molecule has 0 radical (unpaired) electrons. The van der Waals surface area contributed by atoms with E-state index in [4.69, 9.17) is 11.6 Å². The van der Waals surface area contributed by atoms with Gasteiger partial charge in [0.2, 0.25) is 16.8 Å². The molecular formula is C21H15ClN6O2S. The largest absolute Gasteiger partial charge is 0.319 e. The van der Waals surface area contributed by atoms with Crippen LogP contribution in [-0.2, 0) is 11.2 Å². The number of benzene rings is 2. The van der Waals surface area contributed by atoms with Gasteiger partial charge < -0.3 is 4.98 Å². The Hall–Kier alpha value is -3.56. The zero-order chi connectivity index (χ0) is 21.4. The molecule has 0 spiro atoms. The van der Waals surface area contributed by atoms with Gasteiger partial charge in [-0.1, -0.05) is 35.9 Å². The van der Waals surface area contributed by atoms with Crippen molar-refractivity contribution >= 4 is 50.8 Å². The number of rotatable bonds is 5. The number of thiazole rings is 1. The summed E-state index contributed by atoms with van der Waals surface area (Å²) in [4.78, 5) is 36.8. The first-order valence-electron chi connectivity index (χ1n) is 9.45. The van der Waals surface area contributed by atoms with Crippen molar-refractivity contribution in [1.29, 1.82) is 0 Å². The van der Waals surface area contributed by atoms with Crippen molar-refractivity contribution in [3.05, 3.63) is 75.0 Å². The fourth-order valence-electron chi connectivity index (χ4n) is 3.21. The van der Waals surface area contributed by atoms with Gasteiger partial charge in [-0.15, -0.1) is 16.4 Å². The molecule has 0 bridgehead atoms. The Morgan fingerprint density at radius 1 is 1.13 bits per heavy atom. The first-order valence-corrected chi connectivity index (χ1v) is 10.7. The number of amides is 1. The molecule has 8 nitrogen and oxygen atoms in total. The van der Waals surface area contributed by atoms with Gasteiger partial charge in [0.15, 0.2) is 0 Å². The summed E-state index contributed by atoms with van der Waals surface area (Å²) in [5.41, 5.74) is 3.18. The molecule has 0 saturated carbocycles. The molecular weight excluding hydrogens is 436 g/mol. The third kappa shape index (κ3) is 3.92. The average Bonchev–Trinajstić information content (AvgIpc) is 3.33. The van der Waals surface area contributed by atoms with E-state index in [1.54, 1.807) is 10.6 Å². The quantitative estimate of drug-likeness (QED) is 0.422. The van der Waals surface area contributed by atoms with E-state index in [0.717, 1.165) is 11.3 Å². The van der Waals surface area contributed by atoms with Crippen molar-refractivity contribution in [1.82, 2.24) is 24.6 Å². The molecule has 1 amide bonds. The number of carbonyl (C=O) groups is 1. The minimum absolute atomic E-state index is 0.0886. The van der Waals surface area contributed by atoms with E-state index in [-0.39, 0.29) is 30.3 Å². The topological polar surface area (TPSA) is 105 Å². The SMILES string of the molecule is O=C(CCc1nc2ccccc2[nH]c1=O)Nc1nc2scc(-c3ccc(Cl)cc3)n2n1. The highest BCUT2D eigenvalue weighted by molar-refractivity contribution is 7.15. The van der Waals surface area contributed by atoms with Gasteiger partial charge in [-0.25, -0.2) is 9.50 Å². The maximum Gasteiger partial charge on any atom is 0.270 e. The van der Waals surface area contributed by atoms with Crippen LogP contribution in [0.4, 0.5) is 5.95 Å². The number of aromatic nitrogens is 5. The molecule has 3 aromatic heterocycles. The molecule has 5 aromatic rings. The average molecular weight is 451 g/mol. The number of carbonyl (C=O) groups excluding carboxylic acids is 1. The standard InChI is InChI=1S/C21H15ClN6O2S/c22-13-7-5-12(6-8-13)17-11-31-21-26-20(27-28(17)21)25-18(29)10-9-16-19(30)24-15-4-2-1-3-14(15)23-16/h1-8,11H,9-10H2,(H,24,30)(H,25,27,29). The van der Waals surface area contributed by atoms with Gasteiger partial charge in [-0.05, 0) is 24.3 Å². The van der Waals surface area contributed by atoms with E-state index < -0.39 is 0 Å². The molecule has 154 valence electrons. The van der Waals surface area contributed by atoms with Crippen molar-refractivity contribution in [2.75, 3.05) is 5.32 Å². The predicted molar refractivity (Wildman–Crippen MR) is 121 cm³/mol. The van der Waals surface area contributed by atoms with E-state index in [1.165, 1.54) is 11.3 Å². The summed E-state index contributed by atoms with van der Waals surface area (Å²) in [6.45, 7) is 0. The lowest BCUT2D eigenvalue weighted by Gasteiger charge is -2.03. The lowest BCUT2D eigenvalue weighted by molar-refractivity contribution is -0.116. The smallest absolute Gasteiger partial charge is 0.270 e. The van der Waals surface area contributed by atoms with Gasteiger partial charge >= 0.3 is 0 Å². The Labute approximate surface area is 184 Å². The Kier molecular flexibility index (Phi) is 4.97. The second kappa shape index (κ2) is 7.93. The maximum atomic E-state index is 12.4. The summed E-state index contributed by atoms with van der Waals surface area (Å²) >= 11 is 7.38. The highest BCUT2D eigenvalue weighted by Gasteiger charge is 2.14. The summed E-state index contributed by atoms with van der Waals surface area (Å²) in [5, 5.41) is 9.69. The number of aromatic amines is 1. The number of halogens is 1. The number of fused-ring (bicyclic) bond motifs is 2. The maximum absolute atomic E-state index is 12.4. The van der Waals surface area contributed by atoms with E-state index in [0.29, 0.717) is 26.7 Å². The second-order valence-corrected chi connectivity index (χ2v) is 8.11. The van der Waals surface area contributed by atoms with Crippen LogP contribution < -0.4 is 10.9 Å². The number of hydrogen-bond donors (Lipinski definition) is 2. The molecule has 0 unspecified atom stereocenters. The molecule has 0 aliphatic carbocycles. The summed E-state index contributed by atoms with van der Waals surface area (Å²) in [5.74, 6) is -0.0758. The van der Waals surface area contributed by atoms with Gasteiger partial charge in [0, 0.05) is 28.8 Å². The zero-order valence-electron chi connectivity index (χ0n) is 16.0. The van der Waals surface area contributed by atoms with Crippen LogP contribution in [0.5, 0.6) is 0 Å². The molecule has 0 aliphatic heterocycles. The molecule has 2 N–H and O–H groups in total. The highest BCUT2D eigenvalue weighted by atomic mass is 35.5. The Morgan fingerprint density at radius 2 is 1.94 bits per heavy atom. The molecule has 0 fully saturated rings. The van der Waals surface area contributed by atoms with Crippen LogP contribution in [0.15, 0.2) is 58.7 Å². The number of aryl methyl sites for hydroxylation is 1. The fourth-order valence-corrected chi connectivity index (χ4v) is 4.17. The zero-order valence-corrected chi connectivity index (χ0v) is 17.6. The normalized spacial score (nSPS) is 11.3. The molecule has 0 saturated heterocycles. The van der Waals surface area contributed by atoms with Gasteiger partial charge in [0.25, 0.3) is 5.56 Å². The summed E-state index contributed by atoms with van der Waals surface area (Å²) in [6, 6.07) is 14.7. The number of nitrogens with one attached hydrogen (secondary N) is 2. The van der Waals surface area contributed by atoms with Crippen LogP contribution in [0, 0.1) is 0 Å². The second-order valence-electron chi connectivity index (χ2n) is 6.84. The fraction of sp³-hybridized carbons (Fsp3) is 0.0952. The van der Waals surface area contributed by atoms with Crippen molar-refractivity contribution in [3.8, 4) is 11.3 Å². The van der Waals surface area contributed by atoms with Crippen LogP contribution in [0.1, 0.15) is 12.1 Å². The Morgan fingerprint density at radius 3 is 2.77 bits per heavy atom. The third-order valence-corrected chi connectivity index (χ3v) is 5.80. The summed E-state index contributed by atoms with van der Waals surface area (Å²) < 4.78 is 1.68. The molecule has 0 aliphatic rings. The molecule has 31 heavy (non-hydrogen) atoms. The van der Waals surface area contributed by atoms with Crippen molar-refractivity contribution in [2.24, 2.45) is 0 Å². The van der Waals surface area contributed by atoms with Gasteiger partial charge in [-0.2, -0.15) is 4.98 Å². The van der Waals surface area contributed by atoms with Crippen LogP contribution in [0.3, 0.4) is 0 Å². The van der Waals surface area contributed by atoms with Crippen molar-refractivity contribution in [3.63, 3.8) is 0 Å². The van der Waals surface area contributed by atoms with Crippen LogP contribution in [0.2, 0.25) is 5.02 Å². The first-order chi connectivity index (χ1) is 15.1. The van der Waals surface area contributed by atoms with E-state index >= 15 is 0 Å². The van der Waals surface area contributed by atoms with E-state index in [1.807, 2.05) is 47.8 Å². The molecule has 10 heteroatoms. The Balaban J connectivity index is 1.30. The van der Waals surface area contributed by atoms with Gasteiger partial charge in [0.05, 0.1) is 16.7 Å². The first kappa shape index (κ1) is 19.4. The van der Waals surface area contributed by atoms with Gasteiger partial charge in [-0.3, -0.25) is 14.9 Å². The number of hydrogen-bond acceptors (Lipinski definition) is 6. The summed E-state index contributed by atoms with van der Waals surface area (Å²) in [6.07, 6.45) is 0.301. The number of H-pyrrole nitrogens is 1. The van der Waals surface area contributed by atoms with Crippen LogP contribution in [0.25, 0.3) is 27.3 Å². The Bertz CT molecular complexity index is 1470.